The summed E-state index contributed by atoms with van der Waals surface area (Å²) in [5.74, 6) is 0.353. The lowest BCUT2D eigenvalue weighted by atomic mass is 10.2. The van der Waals surface area contributed by atoms with Crippen molar-refractivity contribution in [1.82, 2.24) is 19.7 Å². The molecule has 0 unspecified atom stereocenters. The number of nitrogens with zero attached hydrogens (tertiary/aromatic N) is 4. The summed E-state index contributed by atoms with van der Waals surface area (Å²) in [6, 6.07) is 8.10. The fourth-order valence-corrected chi connectivity index (χ4v) is 3.08. The Morgan fingerprint density at radius 1 is 1.22 bits per heavy atom. The fraction of sp³-hybridized carbons (Fsp3) is 0.118. The summed E-state index contributed by atoms with van der Waals surface area (Å²) in [5.41, 5.74) is 8.33. The lowest BCUT2D eigenvalue weighted by molar-refractivity contribution is 0.394. The van der Waals surface area contributed by atoms with Gasteiger partial charge in [-0.05, 0) is 30.3 Å². The summed E-state index contributed by atoms with van der Waals surface area (Å²) in [6.45, 7) is 2.03. The van der Waals surface area contributed by atoms with Crippen molar-refractivity contribution in [3.8, 4) is 17.2 Å². The molecule has 4 aromatic rings. The van der Waals surface area contributed by atoms with E-state index in [-0.39, 0.29) is 30.6 Å². The molecular weight excluding hydrogens is 416 g/mol. The molecule has 0 saturated heterocycles. The SMILES string of the molecule is Cc1nc(-c2c(Cl)c3cc(F)ccc3n2-c2ccc(CN)nc2)no1.Cl.Cl. The molecule has 3 aromatic heterocycles. The van der Waals surface area contributed by atoms with Crippen LogP contribution in [-0.4, -0.2) is 19.7 Å². The van der Waals surface area contributed by atoms with E-state index in [1.165, 1.54) is 12.1 Å². The zero-order chi connectivity index (χ0) is 17.6. The van der Waals surface area contributed by atoms with Crippen molar-refractivity contribution >= 4 is 47.3 Å². The van der Waals surface area contributed by atoms with Gasteiger partial charge in [0.25, 0.3) is 0 Å². The van der Waals surface area contributed by atoms with Crippen LogP contribution in [0.3, 0.4) is 0 Å². The van der Waals surface area contributed by atoms with E-state index in [0.29, 0.717) is 39.9 Å². The average Bonchev–Trinajstić information content (AvgIpc) is 3.16. The monoisotopic (exact) mass is 429 g/mol. The minimum atomic E-state index is -0.376. The summed E-state index contributed by atoms with van der Waals surface area (Å²) in [5, 5.41) is 4.86. The largest absolute Gasteiger partial charge is 0.339 e. The smallest absolute Gasteiger partial charge is 0.223 e. The van der Waals surface area contributed by atoms with Gasteiger partial charge in [-0.3, -0.25) is 4.98 Å². The van der Waals surface area contributed by atoms with Crippen LogP contribution in [0.4, 0.5) is 4.39 Å². The molecule has 0 radical (unpaired) electrons. The highest BCUT2D eigenvalue weighted by Gasteiger charge is 2.22. The molecule has 0 spiro atoms. The molecule has 0 aliphatic carbocycles. The van der Waals surface area contributed by atoms with Gasteiger partial charge in [0, 0.05) is 18.9 Å². The number of halogens is 4. The number of rotatable bonds is 3. The third kappa shape index (κ3) is 3.64. The molecule has 27 heavy (non-hydrogen) atoms. The lowest BCUT2D eigenvalue weighted by Gasteiger charge is -2.09. The highest BCUT2D eigenvalue weighted by atomic mass is 35.5. The minimum Gasteiger partial charge on any atom is -0.339 e. The normalized spacial score (nSPS) is 10.5. The van der Waals surface area contributed by atoms with Gasteiger partial charge in [-0.15, -0.1) is 24.8 Å². The Hall–Kier alpha value is -2.19. The topological polar surface area (TPSA) is 82.8 Å². The van der Waals surface area contributed by atoms with Gasteiger partial charge in [-0.1, -0.05) is 16.8 Å². The number of aromatic nitrogens is 4. The number of nitrogens with two attached hydrogens (primary N) is 1. The van der Waals surface area contributed by atoms with Crippen molar-refractivity contribution in [2.75, 3.05) is 0 Å². The van der Waals surface area contributed by atoms with Gasteiger partial charge in [0.05, 0.1) is 28.1 Å². The standard InChI is InChI=1S/C17H13ClFN5O.2ClH/c1-9-22-17(23-25-9)16-15(18)13-6-10(19)2-5-14(13)24(16)12-4-3-11(7-20)21-8-12;;/h2-6,8H,7,20H2,1H3;2*1H. The third-order valence-corrected chi connectivity index (χ3v) is 4.27. The van der Waals surface area contributed by atoms with Gasteiger partial charge in [-0.25, -0.2) is 4.39 Å². The van der Waals surface area contributed by atoms with E-state index in [9.17, 15) is 4.39 Å². The Balaban J connectivity index is 0.00000131. The summed E-state index contributed by atoms with van der Waals surface area (Å²) >= 11 is 6.54. The molecule has 1 aromatic carbocycles. The van der Waals surface area contributed by atoms with E-state index < -0.39 is 0 Å². The number of hydrogen-bond acceptors (Lipinski definition) is 5. The molecule has 10 heteroatoms. The number of aryl methyl sites for hydroxylation is 1. The van der Waals surface area contributed by atoms with Gasteiger partial charge >= 0.3 is 0 Å². The third-order valence-electron chi connectivity index (χ3n) is 3.88. The van der Waals surface area contributed by atoms with Crippen molar-refractivity contribution in [3.05, 3.63) is 59.0 Å². The van der Waals surface area contributed by atoms with Crippen molar-refractivity contribution in [2.24, 2.45) is 5.73 Å². The van der Waals surface area contributed by atoms with Crippen molar-refractivity contribution in [1.29, 1.82) is 0 Å². The van der Waals surface area contributed by atoms with Crippen LogP contribution < -0.4 is 5.73 Å². The van der Waals surface area contributed by atoms with Crippen LogP contribution in [0, 0.1) is 12.7 Å². The molecule has 0 aliphatic rings. The highest BCUT2D eigenvalue weighted by Crippen LogP contribution is 2.38. The molecule has 2 N–H and O–H groups in total. The van der Waals surface area contributed by atoms with Crippen LogP contribution in [0.5, 0.6) is 0 Å². The first-order valence-corrected chi connectivity index (χ1v) is 7.92. The van der Waals surface area contributed by atoms with E-state index in [4.69, 9.17) is 21.9 Å². The van der Waals surface area contributed by atoms with E-state index >= 15 is 0 Å². The summed E-state index contributed by atoms with van der Waals surface area (Å²) in [6.07, 6.45) is 1.68. The number of benzene rings is 1. The molecule has 0 atom stereocenters. The molecule has 0 saturated carbocycles. The second-order valence-corrected chi connectivity index (χ2v) is 5.89. The average molecular weight is 431 g/mol. The lowest BCUT2D eigenvalue weighted by Crippen LogP contribution is -2.02. The van der Waals surface area contributed by atoms with Gasteiger partial charge in [0.1, 0.15) is 11.5 Å². The molecule has 0 amide bonds. The van der Waals surface area contributed by atoms with Gasteiger partial charge in [0.2, 0.25) is 11.7 Å². The molecule has 0 fully saturated rings. The van der Waals surface area contributed by atoms with Crippen LogP contribution in [0.25, 0.3) is 28.1 Å². The molecule has 0 bridgehead atoms. The van der Waals surface area contributed by atoms with Crippen LogP contribution in [0.15, 0.2) is 41.1 Å². The Morgan fingerprint density at radius 3 is 2.59 bits per heavy atom. The van der Waals surface area contributed by atoms with E-state index in [1.807, 2.05) is 16.7 Å². The van der Waals surface area contributed by atoms with E-state index in [0.717, 1.165) is 11.4 Å². The highest BCUT2D eigenvalue weighted by molar-refractivity contribution is 6.38. The number of hydrogen-bond donors (Lipinski definition) is 1. The van der Waals surface area contributed by atoms with Gasteiger partial charge in [-0.2, -0.15) is 4.98 Å². The number of pyridine rings is 1. The molecular formula is C17H15Cl3FN5O. The maximum absolute atomic E-state index is 13.7. The minimum absolute atomic E-state index is 0. The summed E-state index contributed by atoms with van der Waals surface area (Å²) in [7, 11) is 0. The zero-order valence-corrected chi connectivity index (χ0v) is 16.4. The second kappa shape index (κ2) is 8.22. The first kappa shape index (κ1) is 21.1. The molecule has 4 rings (SSSR count). The second-order valence-electron chi connectivity index (χ2n) is 5.51. The van der Waals surface area contributed by atoms with E-state index in [1.54, 1.807) is 19.2 Å². The van der Waals surface area contributed by atoms with Crippen molar-refractivity contribution in [2.45, 2.75) is 13.5 Å². The van der Waals surface area contributed by atoms with Crippen LogP contribution in [-0.2, 0) is 6.54 Å². The van der Waals surface area contributed by atoms with Crippen molar-refractivity contribution in [3.63, 3.8) is 0 Å². The Morgan fingerprint density at radius 2 is 2.00 bits per heavy atom. The Kier molecular flexibility index (Phi) is 6.43. The summed E-state index contributed by atoms with van der Waals surface area (Å²) in [4.78, 5) is 8.58. The van der Waals surface area contributed by atoms with Crippen molar-refractivity contribution < 1.29 is 8.91 Å². The molecule has 0 aliphatic heterocycles. The quantitative estimate of drug-likeness (QED) is 0.518. The molecule has 3 heterocycles. The van der Waals surface area contributed by atoms with Gasteiger partial charge < -0.3 is 14.8 Å². The maximum Gasteiger partial charge on any atom is 0.223 e. The maximum atomic E-state index is 13.7. The van der Waals surface area contributed by atoms with Crippen LogP contribution in [0.1, 0.15) is 11.6 Å². The molecule has 6 nitrogen and oxygen atoms in total. The van der Waals surface area contributed by atoms with Gasteiger partial charge in [0.15, 0.2) is 0 Å². The van der Waals surface area contributed by atoms with Crippen LogP contribution in [0.2, 0.25) is 5.02 Å². The first-order chi connectivity index (χ1) is 12.1. The number of fused-ring (bicyclic) bond motifs is 1. The first-order valence-electron chi connectivity index (χ1n) is 7.54. The Bertz CT molecular complexity index is 1080. The zero-order valence-electron chi connectivity index (χ0n) is 14.0. The predicted octanol–water partition coefficient (Wildman–Crippen LogP) is 4.48. The molecule has 142 valence electrons. The predicted molar refractivity (Wildman–Crippen MR) is 106 cm³/mol. The Labute approximate surface area is 171 Å². The van der Waals surface area contributed by atoms with Crippen LogP contribution >= 0.6 is 36.4 Å². The fourth-order valence-electron chi connectivity index (χ4n) is 2.76. The van der Waals surface area contributed by atoms with E-state index in [2.05, 4.69) is 15.1 Å². The summed E-state index contributed by atoms with van der Waals surface area (Å²) < 4.78 is 20.6.